The van der Waals surface area contributed by atoms with Crippen LogP contribution in [-0.4, -0.2) is 49.0 Å². The molecule has 2 aromatic rings. The molecule has 2 fully saturated rings. The number of rotatable bonds is 7. The number of carbonyl (C=O) groups is 1. The van der Waals surface area contributed by atoms with Gasteiger partial charge in [0.05, 0.1) is 19.1 Å². The molecule has 0 bridgehead atoms. The molecule has 4 rings (SSSR count). The van der Waals surface area contributed by atoms with Crippen LogP contribution in [0.15, 0.2) is 39.7 Å². The summed E-state index contributed by atoms with van der Waals surface area (Å²) in [5, 5.41) is 0. The summed E-state index contributed by atoms with van der Waals surface area (Å²) >= 11 is 6.79. The Balaban J connectivity index is 1.41. The molecule has 0 N–H and O–H groups in total. The molecule has 6 nitrogen and oxygen atoms in total. The Morgan fingerprint density at radius 3 is 2.61 bits per heavy atom. The van der Waals surface area contributed by atoms with E-state index < -0.39 is 0 Å². The molecule has 164 valence electrons. The first-order valence-electron chi connectivity index (χ1n) is 10.4. The van der Waals surface area contributed by atoms with Crippen LogP contribution in [0.25, 0.3) is 6.08 Å². The number of methoxy groups -OCH3 is 2. The zero-order valence-corrected chi connectivity index (χ0v) is 19.4. The molecule has 2 aliphatic rings. The number of benzene rings is 1. The largest absolute Gasteiger partial charge is 0.493 e. The van der Waals surface area contributed by atoms with Gasteiger partial charge in [-0.15, -0.1) is 0 Å². The van der Waals surface area contributed by atoms with Gasteiger partial charge >= 0.3 is 0 Å². The summed E-state index contributed by atoms with van der Waals surface area (Å²) in [7, 11) is 3.22. The number of anilines is 1. The van der Waals surface area contributed by atoms with E-state index in [1.165, 1.54) is 31.0 Å². The standard InChI is InChI=1S/C23H26N2O4S2/c1-27-18-8-6-16(14-19(18)28-2)10-13-25-22(26)20(31-23(25)30)15-17-7-9-21(29-17)24-11-4-3-5-12-24/h6-9,14-15H,3-5,10-13H2,1-2H3/b20-15-. The first-order chi connectivity index (χ1) is 15.1. The predicted octanol–water partition coefficient (Wildman–Crippen LogP) is 4.73. The average Bonchev–Trinajstić information content (AvgIpc) is 3.37. The molecule has 1 aromatic heterocycles. The fraction of sp³-hybridized carbons (Fsp3) is 0.391. The summed E-state index contributed by atoms with van der Waals surface area (Å²) in [5.41, 5.74) is 1.05. The highest BCUT2D eigenvalue weighted by molar-refractivity contribution is 8.26. The van der Waals surface area contributed by atoms with Crippen LogP contribution in [0.4, 0.5) is 5.88 Å². The topological polar surface area (TPSA) is 55.2 Å². The van der Waals surface area contributed by atoms with E-state index in [-0.39, 0.29) is 5.91 Å². The Morgan fingerprint density at radius 1 is 1.10 bits per heavy atom. The lowest BCUT2D eigenvalue weighted by atomic mass is 10.1. The highest BCUT2D eigenvalue weighted by Crippen LogP contribution is 2.34. The summed E-state index contributed by atoms with van der Waals surface area (Å²) in [6, 6.07) is 9.67. The lowest BCUT2D eigenvalue weighted by Gasteiger charge is -2.25. The molecule has 0 aliphatic carbocycles. The van der Waals surface area contributed by atoms with Crippen molar-refractivity contribution < 1.29 is 18.7 Å². The summed E-state index contributed by atoms with van der Waals surface area (Å²) in [6.45, 7) is 2.55. The molecule has 0 radical (unpaired) electrons. The van der Waals surface area contributed by atoms with E-state index in [1.54, 1.807) is 25.2 Å². The summed E-state index contributed by atoms with van der Waals surface area (Å²) in [6.07, 6.45) is 6.11. The number of carbonyl (C=O) groups excluding carboxylic acids is 1. The summed E-state index contributed by atoms with van der Waals surface area (Å²) < 4.78 is 17.2. The Bertz CT molecular complexity index is 995. The highest BCUT2D eigenvalue weighted by Gasteiger charge is 2.32. The molecule has 0 unspecified atom stereocenters. The van der Waals surface area contributed by atoms with Crippen molar-refractivity contribution in [2.45, 2.75) is 25.7 Å². The van der Waals surface area contributed by atoms with Crippen LogP contribution < -0.4 is 14.4 Å². The van der Waals surface area contributed by atoms with Crippen molar-refractivity contribution >= 4 is 46.2 Å². The van der Waals surface area contributed by atoms with Gasteiger partial charge in [-0.1, -0.05) is 30.0 Å². The maximum Gasteiger partial charge on any atom is 0.266 e. The maximum absolute atomic E-state index is 12.9. The van der Waals surface area contributed by atoms with Gasteiger partial charge in [-0.25, -0.2) is 0 Å². The number of thiocarbonyl (C=S) groups is 1. The van der Waals surface area contributed by atoms with E-state index in [0.717, 1.165) is 24.5 Å². The lowest BCUT2D eigenvalue weighted by molar-refractivity contribution is -0.122. The monoisotopic (exact) mass is 458 g/mol. The summed E-state index contributed by atoms with van der Waals surface area (Å²) in [4.78, 5) is 17.4. The van der Waals surface area contributed by atoms with Gasteiger partial charge in [0.1, 0.15) is 10.1 Å². The highest BCUT2D eigenvalue weighted by atomic mass is 32.2. The van der Waals surface area contributed by atoms with Gasteiger partial charge < -0.3 is 18.8 Å². The van der Waals surface area contributed by atoms with Crippen LogP contribution in [0, 0.1) is 0 Å². The van der Waals surface area contributed by atoms with Gasteiger partial charge in [-0.2, -0.15) is 0 Å². The molecule has 1 amide bonds. The van der Waals surface area contributed by atoms with Gasteiger partial charge in [0, 0.05) is 31.8 Å². The molecule has 8 heteroatoms. The zero-order chi connectivity index (χ0) is 21.8. The number of amides is 1. The molecule has 0 atom stereocenters. The number of hydrogen-bond donors (Lipinski definition) is 0. The smallest absolute Gasteiger partial charge is 0.266 e. The van der Waals surface area contributed by atoms with Gasteiger partial charge in [-0.05, 0) is 49.4 Å². The molecule has 3 heterocycles. The van der Waals surface area contributed by atoms with Gasteiger partial charge in [0.15, 0.2) is 17.4 Å². The van der Waals surface area contributed by atoms with Crippen molar-refractivity contribution in [1.82, 2.24) is 4.90 Å². The maximum atomic E-state index is 12.9. The first kappa shape index (κ1) is 21.8. The SMILES string of the molecule is COc1ccc(CCN2C(=O)/C(=C/c3ccc(N4CCCCC4)o3)SC2=S)cc1OC. The number of furan rings is 1. The minimum Gasteiger partial charge on any atom is -0.493 e. The van der Waals surface area contributed by atoms with Crippen LogP contribution in [0.2, 0.25) is 0 Å². The molecular weight excluding hydrogens is 432 g/mol. The summed E-state index contributed by atoms with van der Waals surface area (Å²) in [5.74, 6) is 2.83. The zero-order valence-electron chi connectivity index (χ0n) is 17.8. The van der Waals surface area contributed by atoms with Crippen LogP contribution in [0.5, 0.6) is 11.5 Å². The van der Waals surface area contributed by atoms with Gasteiger partial charge in [-0.3, -0.25) is 9.69 Å². The third-order valence-electron chi connectivity index (χ3n) is 5.50. The lowest BCUT2D eigenvalue weighted by Crippen LogP contribution is -2.30. The van der Waals surface area contributed by atoms with Crippen molar-refractivity contribution in [2.75, 3.05) is 38.8 Å². The Kier molecular flexibility index (Phi) is 6.87. The van der Waals surface area contributed by atoms with Gasteiger partial charge in [0.2, 0.25) is 0 Å². The first-order valence-corrected chi connectivity index (χ1v) is 11.6. The van der Waals surface area contributed by atoms with Crippen molar-refractivity contribution in [3.8, 4) is 11.5 Å². The molecular formula is C23H26N2O4S2. The second kappa shape index (κ2) is 9.78. The minimum absolute atomic E-state index is 0.0774. The van der Waals surface area contributed by atoms with Crippen molar-refractivity contribution in [3.63, 3.8) is 0 Å². The van der Waals surface area contributed by atoms with Crippen molar-refractivity contribution in [2.24, 2.45) is 0 Å². The number of nitrogens with zero attached hydrogens (tertiary/aromatic N) is 2. The molecule has 2 saturated heterocycles. The average molecular weight is 459 g/mol. The normalized spacial score (nSPS) is 18.2. The minimum atomic E-state index is -0.0774. The number of piperidine rings is 1. The number of ether oxygens (including phenoxy) is 2. The van der Waals surface area contributed by atoms with Crippen molar-refractivity contribution in [3.05, 3.63) is 46.6 Å². The second-order valence-electron chi connectivity index (χ2n) is 7.50. The van der Waals surface area contributed by atoms with Crippen LogP contribution in [0.3, 0.4) is 0 Å². The van der Waals surface area contributed by atoms with Crippen LogP contribution in [-0.2, 0) is 11.2 Å². The van der Waals surface area contributed by atoms with E-state index >= 15 is 0 Å². The third-order valence-corrected chi connectivity index (χ3v) is 6.88. The van der Waals surface area contributed by atoms with E-state index in [0.29, 0.717) is 39.5 Å². The molecule has 1 aromatic carbocycles. The molecule has 2 aliphatic heterocycles. The number of thioether (sulfide) groups is 1. The third kappa shape index (κ3) is 4.91. The Labute approximate surface area is 192 Å². The fourth-order valence-corrected chi connectivity index (χ4v) is 5.09. The second-order valence-corrected chi connectivity index (χ2v) is 9.17. The van der Waals surface area contributed by atoms with E-state index in [1.807, 2.05) is 30.3 Å². The molecule has 0 saturated carbocycles. The van der Waals surface area contributed by atoms with Crippen molar-refractivity contribution in [1.29, 1.82) is 0 Å². The number of hydrogen-bond acceptors (Lipinski definition) is 7. The van der Waals surface area contributed by atoms with E-state index in [9.17, 15) is 4.79 Å². The Hall–Kier alpha value is -2.45. The fourth-order valence-electron chi connectivity index (χ4n) is 3.80. The Morgan fingerprint density at radius 2 is 1.87 bits per heavy atom. The van der Waals surface area contributed by atoms with Crippen LogP contribution in [0.1, 0.15) is 30.6 Å². The molecule has 31 heavy (non-hydrogen) atoms. The van der Waals surface area contributed by atoms with Gasteiger partial charge in [0.25, 0.3) is 5.91 Å². The predicted molar refractivity (Wildman–Crippen MR) is 128 cm³/mol. The van der Waals surface area contributed by atoms with Crippen LogP contribution >= 0.6 is 24.0 Å². The van der Waals surface area contributed by atoms with E-state index in [2.05, 4.69) is 4.90 Å². The quantitative estimate of drug-likeness (QED) is 0.439. The van der Waals surface area contributed by atoms with E-state index in [4.69, 9.17) is 26.1 Å². The molecule has 0 spiro atoms.